The first-order valence-electron chi connectivity index (χ1n) is 28.9. The van der Waals surface area contributed by atoms with Crippen molar-refractivity contribution in [3.8, 4) is 0 Å². The SMILES string of the molecule is CCCCC/C=C/CC/C=C/CCCC(O)C(O)C(CO)NC(=O)CCCCCCCCCCCCCCCCCCC/C=C\C/C=C\CCCCCCCCCCCCCCCCC. The van der Waals surface area contributed by atoms with Crippen molar-refractivity contribution in [3.05, 3.63) is 48.6 Å². The van der Waals surface area contributed by atoms with E-state index in [0.29, 0.717) is 12.8 Å². The van der Waals surface area contributed by atoms with Crippen molar-refractivity contribution >= 4 is 5.91 Å². The van der Waals surface area contributed by atoms with Gasteiger partial charge in [-0.3, -0.25) is 4.79 Å². The molecule has 0 aliphatic rings. The Kier molecular flexibility index (Phi) is 53.5. The molecule has 0 aromatic heterocycles. The van der Waals surface area contributed by atoms with Gasteiger partial charge in [0, 0.05) is 6.42 Å². The molecular weight excluding hydrogens is 799 g/mol. The van der Waals surface area contributed by atoms with Crippen LogP contribution in [0, 0.1) is 0 Å². The van der Waals surface area contributed by atoms with Crippen LogP contribution in [0.1, 0.15) is 303 Å². The summed E-state index contributed by atoms with van der Waals surface area (Å²) in [5.74, 6) is -0.157. The minimum atomic E-state index is -1.17. The van der Waals surface area contributed by atoms with Crippen molar-refractivity contribution in [2.24, 2.45) is 0 Å². The average Bonchev–Trinajstić information content (AvgIpc) is 3.31. The van der Waals surface area contributed by atoms with Gasteiger partial charge in [-0.05, 0) is 83.5 Å². The molecule has 0 radical (unpaired) electrons. The van der Waals surface area contributed by atoms with Crippen molar-refractivity contribution in [2.75, 3.05) is 6.61 Å². The lowest BCUT2D eigenvalue weighted by molar-refractivity contribution is -0.124. The Morgan fingerprint density at radius 1 is 0.385 bits per heavy atom. The zero-order valence-corrected chi connectivity index (χ0v) is 43.6. The highest BCUT2D eigenvalue weighted by Crippen LogP contribution is 2.17. The number of nitrogens with one attached hydrogen (secondary N) is 1. The number of carbonyl (C=O) groups excluding carboxylic acids is 1. The maximum absolute atomic E-state index is 12.5. The van der Waals surface area contributed by atoms with E-state index >= 15 is 0 Å². The number of amides is 1. The van der Waals surface area contributed by atoms with Crippen LogP contribution in [0.15, 0.2) is 48.6 Å². The summed E-state index contributed by atoms with van der Waals surface area (Å²) in [6.45, 7) is 4.14. The van der Waals surface area contributed by atoms with E-state index < -0.39 is 18.2 Å². The highest BCUT2D eigenvalue weighted by molar-refractivity contribution is 5.76. The molecule has 0 spiro atoms. The fourth-order valence-corrected chi connectivity index (χ4v) is 8.92. The van der Waals surface area contributed by atoms with Gasteiger partial charge in [0.05, 0.1) is 18.8 Å². The number of unbranched alkanes of at least 4 members (excludes halogenated alkanes) is 37. The minimum Gasteiger partial charge on any atom is -0.394 e. The number of rotatable bonds is 53. The van der Waals surface area contributed by atoms with Gasteiger partial charge in [0.1, 0.15) is 6.10 Å². The first-order chi connectivity index (χ1) is 32.1. The third-order valence-corrected chi connectivity index (χ3v) is 13.4. The highest BCUT2D eigenvalue weighted by Gasteiger charge is 2.26. The molecule has 0 bridgehead atoms. The van der Waals surface area contributed by atoms with Crippen LogP contribution in [0.2, 0.25) is 0 Å². The second-order valence-corrected chi connectivity index (χ2v) is 19.8. The van der Waals surface area contributed by atoms with Gasteiger partial charge in [0.15, 0.2) is 0 Å². The average molecular weight is 913 g/mol. The fraction of sp³-hybridized carbons (Fsp3) is 0.850. The summed E-state index contributed by atoms with van der Waals surface area (Å²) < 4.78 is 0. The van der Waals surface area contributed by atoms with Crippen molar-refractivity contribution in [2.45, 2.75) is 321 Å². The molecule has 5 heteroatoms. The Hall–Kier alpha value is -1.69. The second-order valence-electron chi connectivity index (χ2n) is 19.8. The molecule has 0 aromatic rings. The summed E-state index contributed by atoms with van der Waals surface area (Å²) in [4.78, 5) is 12.5. The zero-order chi connectivity index (χ0) is 47.2. The number of hydrogen-bond donors (Lipinski definition) is 4. The van der Waals surface area contributed by atoms with Crippen LogP contribution in [-0.4, -0.2) is 46.1 Å². The molecule has 0 saturated heterocycles. The molecule has 0 aliphatic carbocycles. The summed E-state index contributed by atoms with van der Waals surface area (Å²) in [6, 6.07) is -0.832. The molecule has 3 atom stereocenters. The van der Waals surface area contributed by atoms with Gasteiger partial charge in [-0.25, -0.2) is 0 Å². The zero-order valence-electron chi connectivity index (χ0n) is 43.6. The molecule has 0 rings (SSSR count). The van der Waals surface area contributed by atoms with Crippen LogP contribution in [0.5, 0.6) is 0 Å². The van der Waals surface area contributed by atoms with Crippen LogP contribution in [0.3, 0.4) is 0 Å². The predicted octanol–water partition coefficient (Wildman–Crippen LogP) is 18.0. The van der Waals surface area contributed by atoms with E-state index in [1.54, 1.807) is 0 Å². The van der Waals surface area contributed by atoms with Gasteiger partial charge in [-0.15, -0.1) is 0 Å². The first-order valence-corrected chi connectivity index (χ1v) is 28.9. The molecule has 3 unspecified atom stereocenters. The second kappa shape index (κ2) is 54.9. The van der Waals surface area contributed by atoms with Crippen LogP contribution in [0.25, 0.3) is 0 Å². The standard InChI is InChI=1S/C60H113NO4/c1-3-5-7-9-11-13-15-17-18-19-20-21-22-23-24-25-26-27-28-29-30-31-32-33-34-35-36-37-38-39-40-41-42-43-45-47-49-51-53-55-59(64)61-57(56-62)60(65)58(63)54-52-50-48-46-44-16-14-12-10-8-6-4-2/h12,14,26-27,29-30,46,48,57-58,60,62-63,65H,3-11,13,15-25,28,31-45,47,49-56H2,1-2H3,(H,61,64)/b14-12+,27-26-,30-29-,48-46+. The van der Waals surface area contributed by atoms with Crippen molar-refractivity contribution < 1.29 is 20.1 Å². The highest BCUT2D eigenvalue weighted by atomic mass is 16.3. The van der Waals surface area contributed by atoms with Gasteiger partial charge >= 0.3 is 0 Å². The molecular formula is C60H113NO4. The summed E-state index contributed by atoms with van der Waals surface area (Å²) in [6.07, 6.45) is 73.0. The summed E-state index contributed by atoms with van der Waals surface area (Å²) in [5.41, 5.74) is 0. The predicted molar refractivity (Wildman–Crippen MR) is 287 cm³/mol. The van der Waals surface area contributed by atoms with Gasteiger partial charge in [0.25, 0.3) is 0 Å². The number of hydrogen-bond acceptors (Lipinski definition) is 4. The quantitative estimate of drug-likeness (QED) is 0.0361. The Balaban J connectivity index is 3.47. The van der Waals surface area contributed by atoms with E-state index in [-0.39, 0.29) is 12.5 Å². The summed E-state index contributed by atoms with van der Waals surface area (Å²) in [7, 11) is 0. The van der Waals surface area contributed by atoms with Gasteiger partial charge in [-0.2, -0.15) is 0 Å². The maximum Gasteiger partial charge on any atom is 0.220 e. The molecule has 0 aliphatic heterocycles. The maximum atomic E-state index is 12.5. The molecule has 382 valence electrons. The topological polar surface area (TPSA) is 89.8 Å². The normalized spacial score (nSPS) is 13.6. The smallest absolute Gasteiger partial charge is 0.220 e. The van der Waals surface area contributed by atoms with Crippen LogP contribution >= 0.6 is 0 Å². The third kappa shape index (κ3) is 50.0. The molecule has 0 aromatic carbocycles. The fourth-order valence-electron chi connectivity index (χ4n) is 8.92. The van der Waals surface area contributed by atoms with E-state index in [9.17, 15) is 20.1 Å². The molecule has 0 heterocycles. The van der Waals surface area contributed by atoms with E-state index in [1.807, 2.05) is 0 Å². The van der Waals surface area contributed by atoms with Gasteiger partial charge in [-0.1, -0.05) is 262 Å². The minimum absolute atomic E-state index is 0.157. The van der Waals surface area contributed by atoms with E-state index in [1.165, 1.54) is 225 Å². The first kappa shape index (κ1) is 63.3. The lowest BCUT2D eigenvalue weighted by atomic mass is 10.0. The number of carbonyl (C=O) groups is 1. The number of allylic oxidation sites excluding steroid dienone is 8. The van der Waals surface area contributed by atoms with Crippen molar-refractivity contribution in [1.82, 2.24) is 5.32 Å². The molecule has 0 saturated carbocycles. The number of aliphatic hydroxyl groups is 3. The van der Waals surface area contributed by atoms with Gasteiger partial charge < -0.3 is 20.6 Å². The van der Waals surface area contributed by atoms with Crippen LogP contribution in [-0.2, 0) is 4.79 Å². The lowest BCUT2D eigenvalue weighted by Gasteiger charge is -2.26. The van der Waals surface area contributed by atoms with E-state index in [4.69, 9.17) is 0 Å². The Morgan fingerprint density at radius 3 is 1.06 bits per heavy atom. The molecule has 5 nitrogen and oxygen atoms in total. The van der Waals surface area contributed by atoms with Gasteiger partial charge in [0.2, 0.25) is 5.91 Å². The Labute approximate surface area is 406 Å². The Bertz CT molecular complexity index is 1050. The third-order valence-electron chi connectivity index (χ3n) is 13.4. The molecule has 1 amide bonds. The van der Waals surface area contributed by atoms with E-state index in [0.717, 1.165) is 51.4 Å². The monoisotopic (exact) mass is 912 g/mol. The van der Waals surface area contributed by atoms with Crippen LogP contribution < -0.4 is 5.32 Å². The largest absolute Gasteiger partial charge is 0.394 e. The van der Waals surface area contributed by atoms with Crippen LogP contribution in [0.4, 0.5) is 0 Å². The molecule has 65 heavy (non-hydrogen) atoms. The van der Waals surface area contributed by atoms with Crippen molar-refractivity contribution in [1.29, 1.82) is 0 Å². The Morgan fingerprint density at radius 2 is 0.677 bits per heavy atom. The summed E-state index contributed by atoms with van der Waals surface area (Å²) >= 11 is 0. The molecule has 0 fully saturated rings. The molecule has 4 N–H and O–H groups in total. The lowest BCUT2D eigenvalue weighted by Crippen LogP contribution is -2.50. The number of aliphatic hydroxyl groups excluding tert-OH is 3. The van der Waals surface area contributed by atoms with Crippen molar-refractivity contribution in [3.63, 3.8) is 0 Å². The van der Waals surface area contributed by atoms with E-state index in [2.05, 4.69) is 67.8 Å². The summed E-state index contributed by atoms with van der Waals surface area (Å²) in [5, 5.41) is 33.5.